The first-order chi connectivity index (χ1) is 9.74. The third-order valence-corrected chi connectivity index (χ3v) is 3.54. The van der Waals surface area contributed by atoms with Crippen LogP contribution in [0.25, 0.3) is 5.52 Å². The van der Waals surface area contributed by atoms with Crippen molar-refractivity contribution in [2.24, 2.45) is 5.92 Å². The van der Waals surface area contributed by atoms with Crippen LogP contribution in [0.4, 0.5) is 5.82 Å². The highest BCUT2D eigenvalue weighted by Gasteiger charge is 2.24. The van der Waals surface area contributed by atoms with Crippen LogP contribution in [-0.4, -0.2) is 33.5 Å². The Morgan fingerprint density at radius 1 is 1.55 bits per heavy atom. The van der Waals surface area contributed by atoms with Gasteiger partial charge in [-0.25, -0.2) is 4.52 Å². The summed E-state index contributed by atoms with van der Waals surface area (Å²) in [6, 6.07) is 7.59. The Morgan fingerprint density at radius 3 is 3.20 bits per heavy atom. The fraction of sp³-hybridized carbons (Fsp3) is 0.357. The van der Waals surface area contributed by atoms with E-state index >= 15 is 0 Å². The predicted molar refractivity (Wildman–Crippen MR) is 73.7 cm³/mol. The molecule has 1 unspecified atom stereocenters. The molecule has 1 aliphatic heterocycles. The molecule has 3 rings (SSSR count). The minimum atomic E-state index is -0.0433. The number of likely N-dealkylation sites (tertiary alicyclic amines) is 1. The topological polar surface area (TPSA) is 73.4 Å². The highest BCUT2D eigenvalue weighted by atomic mass is 16.1. The molecule has 2 aromatic rings. The van der Waals surface area contributed by atoms with Crippen LogP contribution >= 0.6 is 0 Å². The summed E-state index contributed by atoms with van der Waals surface area (Å²) < 4.78 is 1.72. The van der Waals surface area contributed by atoms with Crippen LogP contribution < -0.4 is 5.32 Å². The maximum Gasteiger partial charge on any atom is 0.225 e. The monoisotopic (exact) mass is 269 g/mol. The highest BCUT2D eigenvalue weighted by Crippen LogP contribution is 2.19. The fourth-order valence-corrected chi connectivity index (χ4v) is 2.55. The van der Waals surface area contributed by atoms with Gasteiger partial charge in [0.1, 0.15) is 0 Å². The highest BCUT2D eigenvalue weighted by molar-refractivity contribution is 5.90. The number of hydrogen-bond acceptors (Lipinski definition) is 4. The molecule has 6 heteroatoms. The molecule has 3 heterocycles. The standard InChI is InChI=1S/C14H15N5O/c15-10-18-6-4-11(9-18)7-14(20)16-13-8-12-3-1-2-5-19(12)17-13/h1-3,5,8,11H,4,6-7,9H2,(H,16,17,20). The molecule has 0 radical (unpaired) electrons. The molecule has 102 valence electrons. The van der Waals surface area contributed by atoms with E-state index in [2.05, 4.69) is 16.6 Å². The maximum atomic E-state index is 12.0. The molecule has 1 saturated heterocycles. The summed E-state index contributed by atoms with van der Waals surface area (Å²) in [5.74, 6) is 0.779. The molecule has 1 atom stereocenters. The second kappa shape index (κ2) is 5.21. The molecule has 2 aromatic heterocycles. The third kappa shape index (κ3) is 2.57. The Hall–Kier alpha value is -2.55. The Bertz CT molecular complexity index is 638. The average Bonchev–Trinajstić information content (AvgIpc) is 3.04. The van der Waals surface area contributed by atoms with Gasteiger partial charge in [0.15, 0.2) is 12.0 Å². The molecule has 0 aromatic carbocycles. The zero-order chi connectivity index (χ0) is 13.9. The van der Waals surface area contributed by atoms with Gasteiger partial charge in [0.2, 0.25) is 5.91 Å². The van der Waals surface area contributed by atoms with Gasteiger partial charge in [-0.2, -0.15) is 10.4 Å². The molecule has 1 fully saturated rings. The number of aromatic nitrogens is 2. The molecule has 1 N–H and O–H groups in total. The van der Waals surface area contributed by atoms with Crippen LogP contribution in [0.15, 0.2) is 30.5 Å². The van der Waals surface area contributed by atoms with Crippen LogP contribution in [0.5, 0.6) is 0 Å². The molecule has 0 aliphatic carbocycles. The molecule has 1 aliphatic rings. The Balaban J connectivity index is 1.60. The Morgan fingerprint density at radius 2 is 2.45 bits per heavy atom. The van der Waals surface area contributed by atoms with Crippen molar-refractivity contribution in [3.05, 3.63) is 30.5 Å². The molecule has 0 spiro atoms. The van der Waals surface area contributed by atoms with Crippen LogP contribution in [0.2, 0.25) is 0 Å². The number of fused-ring (bicyclic) bond motifs is 1. The lowest BCUT2D eigenvalue weighted by molar-refractivity contribution is -0.117. The minimum Gasteiger partial charge on any atom is -0.310 e. The van der Waals surface area contributed by atoms with E-state index in [1.165, 1.54) is 0 Å². The van der Waals surface area contributed by atoms with Crippen LogP contribution in [0.3, 0.4) is 0 Å². The summed E-state index contributed by atoms with van der Waals surface area (Å²) in [5.41, 5.74) is 0.944. The van der Waals surface area contributed by atoms with Crippen LogP contribution in [0, 0.1) is 17.4 Å². The van der Waals surface area contributed by atoms with Gasteiger partial charge in [-0.1, -0.05) is 6.07 Å². The quantitative estimate of drug-likeness (QED) is 0.856. The summed E-state index contributed by atoms with van der Waals surface area (Å²) in [7, 11) is 0. The number of rotatable bonds is 3. The molecule has 6 nitrogen and oxygen atoms in total. The predicted octanol–water partition coefficient (Wildman–Crippen LogP) is 1.47. The van der Waals surface area contributed by atoms with Crippen molar-refractivity contribution in [2.75, 3.05) is 18.4 Å². The second-order valence-electron chi connectivity index (χ2n) is 5.05. The largest absolute Gasteiger partial charge is 0.310 e. The summed E-state index contributed by atoms with van der Waals surface area (Å²) in [5, 5.41) is 15.9. The summed E-state index contributed by atoms with van der Waals surface area (Å²) in [6.07, 6.45) is 5.29. The van der Waals surface area contributed by atoms with Crippen molar-refractivity contribution in [3.8, 4) is 6.19 Å². The Labute approximate surface area is 116 Å². The number of nitrogens with zero attached hydrogens (tertiary/aromatic N) is 4. The molecule has 0 bridgehead atoms. The first-order valence-corrected chi connectivity index (χ1v) is 6.63. The van der Waals surface area contributed by atoms with Crippen molar-refractivity contribution in [3.63, 3.8) is 0 Å². The van der Waals surface area contributed by atoms with E-state index in [1.807, 2.05) is 30.5 Å². The van der Waals surface area contributed by atoms with E-state index in [0.29, 0.717) is 18.8 Å². The van der Waals surface area contributed by atoms with E-state index in [-0.39, 0.29) is 11.8 Å². The number of nitriles is 1. The first-order valence-electron chi connectivity index (χ1n) is 6.63. The number of carbonyl (C=O) groups excluding carboxylic acids is 1. The second-order valence-corrected chi connectivity index (χ2v) is 5.05. The fourth-order valence-electron chi connectivity index (χ4n) is 2.55. The van der Waals surface area contributed by atoms with Gasteiger partial charge < -0.3 is 10.2 Å². The van der Waals surface area contributed by atoms with Crippen LogP contribution in [-0.2, 0) is 4.79 Å². The van der Waals surface area contributed by atoms with E-state index < -0.39 is 0 Å². The number of amides is 1. The number of pyridine rings is 1. The van der Waals surface area contributed by atoms with Gasteiger partial charge in [0.05, 0.1) is 5.52 Å². The normalized spacial score (nSPS) is 18.1. The molecular formula is C14H15N5O. The van der Waals surface area contributed by atoms with Gasteiger partial charge in [-0.3, -0.25) is 4.79 Å². The number of anilines is 1. The summed E-state index contributed by atoms with van der Waals surface area (Å²) in [6.45, 7) is 1.43. The molecule has 20 heavy (non-hydrogen) atoms. The van der Waals surface area contributed by atoms with E-state index in [1.54, 1.807) is 9.42 Å². The molecule has 1 amide bonds. The van der Waals surface area contributed by atoms with E-state index in [9.17, 15) is 4.79 Å². The maximum absolute atomic E-state index is 12.0. The lowest BCUT2D eigenvalue weighted by Crippen LogP contribution is -2.19. The van der Waals surface area contributed by atoms with Crippen molar-refractivity contribution >= 4 is 17.2 Å². The molecular weight excluding hydrogens is 254 g/mol. The Kier molecular flexibility index (Phi) is 3.25. The zero-order valence-electron chi connectivity index (χ0n) is 11.0. The number of hydrogen-bond donors (Lipinski definition) is 1. The van der Waals surface area contributed by atoms with Crippen molar-refractivity contribution in [1.29, 1.82) is 5.26 Å². The third-order valence-electron chi connectivity index (χ3n) is 3.54. The lowest BCUT2D eigenvalue weighted by atomic mass is 10.0. The van der Waals surface area contributed by atoms with Gasteiger partial charge >= 0.3 is 0 Å². The van der Waals surface area contributed by atoms with Crippen LogP contribution in [0.1, 0.15) is 12.8 Å². The van der Waals surface area contributed by atoms with Gasteiger partial charge in [0.25, 0.3) is 0 Å². The molecule has 0 saturated carbocycles. The smallest absolute Gasteiger partial charge is 0.225 e. The first kappa shape index (κ1) is 12.5. The van der Waals surface area contributed by atoms with Gasteiger partial charge in [0, 0.05) is 31.8 Å². The summed E-state index contributed by atoms with van der Waals surface area (Å²) >= 11 is 0. The van der Waals surface area contributed by atoms with Crippen molar-refractivity contribution in [2.45, 2.75) is 12.8 Å². The lowest BCUT2D eigenvalue weighted by Gasteiger charge is -2.08. The van der Waals surface area contributed by atoms with Crippen molar-refractivity contribution < 1.29 is 4.79 Å². The van der Waals surface area contributed by atoms with Gasteiger partial charge in [-0.15, -0.1) is 0 Å². The van der Waals surface area contributed by atoms with Gasteiger partial charge in [-0.05, 0) is 24.5 Å². The minimum absolute atomic E-state index is 0.0433. The van der Waals surface area contributed by atoms with Crippen molar-refractivity contribution in [1.82, 2.24) is 14.5 Å². The average molecular weight is 269 g/mol. The summed E-state index contributed by atoms with van der Waals surface area (Å²) in [4.78, 5) is 13.7. The number of nitrogens with one attached hydrogen (secondary N) is 1. The SMILES string of the molecule is N#CN1CCC(CC(=O)Nc2cc3ccccn3n2)C1. The van der Waals surface area contributed by atoms with E-state index in [4.69, 9.17) is 5.26 Å². The number of carbonyl (C=O) groups is 1. The zero-order valence-corrected chi connectivity index (χ0v) is 11.0. The van der Waals surface area contributed by atoms with E-state index in [0.717, 1.165) is 18.5 Å².